The summed E-state index contributed by atoms with van der Waals surface area (Å²) in [5.74, 6) is -5.89. The molecule has 0 radical (unpaired) electrons. The van der Waals surface area contributed by atoms with Crippen molar-refractivity contribution >= 4 is 20.2 Å². The molecule has 0 amide bonds. The summed E-state index contributed by atoms with van der Waals surface area (Å²) in [6, 6.07) is 3.67. The smallest absolute Gasteiger partial charge is 0.453 e. The van der Waals surface area contributed by atoms with Crippen LogP contribution in [-0.2, 0) is 24.4 Å². The lowest BCUT2D eigenvalue weighted by Gasteiger charge is -2.30. The molecule has 6 nitrogen and oxygen atoms in total. The third-order valence-corrected chi connectivity index (χ3v) is 4.59. The van der Waals surface area contributed by atoms with Crippen LogP contribution in [0.15, 0.2) is 29.2 Å². The van der Waals surface area contributed by atoms with Crippen LogP contribution in [0.4, 0.5) is 22.0 Å². The lowest BCUT2D eigenvalue weighted by Crippen LogP contribution is -2.55. The quantitative estimate of drug-likeness (QED) is 0.436. The molecule has 0 spiro atoms. The second-order valence-corrected chi connectivity index (χ2v) is 7.25. The molecule has 0 aliphatic rings. The molecular weight excluding hydrogens is 375 g/mol. The van der Waals surface area contributed by atoms with E-state index in [9.17, 15) is 43.3 Å². The monoisotopic (exact) mass is 383 g/mol. The zero-order valence-corrected chi connectivity index (χ0v) is 12.7. The average Bonchev–Trinajstić information content (AvgIpc) is 2.35. The second-order valence-electron chi connectivity index (χ2n) is 4.30. The third kappa shape index (κ3) is 4.16. The van der Waals surface area contributed by atoms with Crippen molar-refractivity contribution in [3.63, 3.8) is 0 Å². The van der Waals surface area contributed by atoms with Crippen molar-refractivity contribution in [2.24, 2.45) is 0 Å². The van der Waals surface area contributed by atoms with Crippen LogP contribution in [0.2, 0.25) is 0 Å². The maximum atomic E-state index is 13.8. The van der Waals surface area contributed by atoms with Crippen molar-refractivity contribution in [1.29, 1.82) is 0 Å². The van der Waals surface area contributed by atoms with Gasteiger partial charge in [0.2, 0.25) is 0 Å². The Morgan fingerprint density at radius 3 is 1.83 bits per heavy atom. The zero-order valence-electron chi connectivity index (χ0n) is 11.0. The maximum absolute atomic E-state index is 13.8. The Balaban J connectivity index is 3.39. The predicted octanol–water partition coefficient (Wildman–Crippen LogP) is 1.77. The van der Waals surface area contributed by atoms with Gasteiger partial charge in [-0.3, -0.25) is 0 Å². The van der Waals surface area contributed by atoms with E-state index in [1.807, 2.05) is 0 Å². The molecule has 13 heteroatoms. The Hall–Kier alpha value is -1.31. The van der Waals surface area contributed by atoms with Crippen LogP contribution in [0.1, 0.15) is 5.56 Å². The minimum Gasteiger partial charge on any atom is -0.746 e. The summed E-state index contributed by atoms with van der Waals surface area (Å²) >= 11 is 0. The fourth-order valence-corrected chi connectivity index (χ4v) is 2.99. The van der Waals surface area contributed by atoms with E-state index in [4.69, 9.17) is 0 Å². The molecule has 2 unspecified atom stereocenters. The first-order valence-corrected chi connectivity index (χ1v) is 8.36. The Morgan fingerprint density at radius 2 is 1.48 bits per heavy atom. The van der Waals surface area contributed by atoms with Crippen molar-refractivity contribution in [1.82, 2.24) is 0 Å². The first kappa shape index (κ1) is 19.7. The molecular formula is C10H8F5O6S2-. The van der Waals surface area contributed by atoms with Crippen molar-refractivity contribution < 1.29 is 47.5 Å². The van der Waals surface area contributed by atoms with Gasteiger partial charge < -0.3 is 4.55 Å². The van der Waals surface area contributed by atoms with E-state index in [0.717, 1.165) is 24.3 Å². The minimum atomic E-state index is -6.51. The zero-order chi connectivity index (χ0) is 18.3. The Labute approximate surface area is 127 Å². The molecule has 0 bridgehead atoms. The normalized spacial score (nSPS) is 17.5. The predicted molar refractivity (Wildman–Crippen MR) is 63.9 cm³/mol. The molecule has 0 saturated heterocycles. The molecule has 0 aliphatic heterocycles. The molecule has 0 N–H and O–H groups in total. The highest BCUT2D eigenvalue weighted by atomic mass is 32.2. The van der Waals surface area contributed by atoms with Crippen molar-refractivity contribution in [2.75, 3.05) is 0 Å². The number of benzene rings is 1. The molecule has 0 saturated carbocycles. The fourth-order valence-electron chi connectivity index (χ4n) is 1.31. The number of halogens is 5. The highest BCUT2D eigenvalue weighted by Crippen LogP contribution is 2.43. The summed E-state index contributed by atoms with van der Waals surface area (Å²) in [6.45, 7) is 1.49. The first-order valence-electron chi connectivity index (χ1n) is 5.48. The van der Waals surface area contributed by atoms with E-state index in [-0.39, 0.29) is 0 Å². The molecule has 1 rings (SSSR count). The number of alkyl halides is 5. The van der Waals surface area contributed by atoms with Crippen LogP contribution in [-0.4, -0.2) is 38.9 Å². The fraction of sp³-hybridized carbons (Fsp3) is 0.400. The molecule has 23 heavy (non-hydrogen) atoms. The van der Waals surface area contributed by atoms with Crippen molar-refractivity contribution in [2.45, 2.75) is 29.4 Å². The molecule has 1 aromatic rings. The maximum Gasteiger partial charge on any atom is 0.453 e. The number of hydrogen-bond donors (Lipinski definition) is 0. The minimum absolute atomic E-state index is 0.483. The van der Waals surface area contributed by atoms with Gasteiger partial charge in [-0.25, -0.2) is 17.0 Å². The largest absolute Gasteiger partial charge is 0.746 e. The lowest BCUT2D eigenvalue weighted by atomic mass is 10.2. The molecule has 0 aliphatic carbocycles. The third-order valence-electron chi connectivity index (χ3n) is 2.47. The Morgan fingerprint density at radius 1 is 1.04 bits per heavy atom. The molecule has 0 heterocycles. The van der Waals surface area contributed by atoms with Gasteiger partial charge in [0.15, 0.2) is 0 Å². The molecule has 0 fully saturated rings. The van der Waals surface area contributed by atoms with Crippen molar-refractivity contribution in [3.8, 4) is 0 Å². The SMILES string of the molecule is Cc1ccc(S(=O)(=O)OC(F)(C(F)S(=O)(=O)[O-])C(F)(F)F)cc1. The van der Waals surface area contributed by atoms with E-state index in [2.05, 4.69) is 4.18 Å². The van der Waals surface area contributed by atoms with Crippen LogP contribution >= 0.6 is 0 Å². The van der Waals surface area contributed by atoms with Crippen LogP contribution in [0, 0.1) is 6.92 Å². The summed E-state index contributed by atoms with van der Waals surface area (Å²) in [5, 5.41) is 0. The van der Waals surface area contributed by atoms with E-state index < -0.39 is 42.7 Å². The number of aryl methyl sites for hydroxylation is 1. The van der Waals surface area contributed by atoms with Gasteiger partial charge in [-0.1, -0.05) is 17.7 Å². The van der Waals surface area contributed by atoms with Crippen LogP contribution < -0.4 is 0 Å². The average molecular weight is 383 g/mol. The Kier molecular flexibility index (Phi) is 5.11. The number of rotatable bonds is 5. The van der Waals surface area contributed by atoms with Crippen LogP contribution in [0.25, 0.3) is 0 Å². The van der Waals surface area contributed by atoms with E-state index in [0.29, 0.717) is 5.56 Å². The lowest BCUT2D eigenvalue weighted by molar-refractivity contribution is -0.312. The van der Waals surface area contributed by atoms with Gasteiger partial charge in [-0.2, -0.15) is 26.0 Å². The standard InChI is InChI=1S/C10H9F5O6S2/c1-6-2-4-7(5-3-6)23(19,20)21-9(12,10(13,14)15)8(11)22(16,17)18/h2-5,8H,1H3,(H,16,17,18)/p-1. The molecule has 0 aromatic heterocycles. The van der Waals surface area contributed by atoms with Gasteiger partial charge >= 0.3 is 12.0 Å². The van der Waals surface area contributed by atoms with Crippen molar-refractivity contribution in [3.05, 3.63) is 29.8 Å². The number of hydrogen-bond acceptors (Lipinski definition) is 6. The molecule has 1 aromatic carbocycles. The van der Waals surface area contributed by atoms with E-state index in [1.165, 1.54) is 6.92 Å². The topological polar surface area (TPSA) is 101 Å². The molecule has 2 atom stereocenters. The van der Waals surface area contributed by atoms with Crippen LogP contribution in [0.3, 0.4) is 0 Å². The van der Waals surface area contributed by atoms with Gasteiger partial charge in [0.25, 0.3) is 15.6 Å². The van der Waals surface area contributed by atoms with Gasteiger partial charge in [0.05, 0.1) is 4.90 Å². The summed E-state index contributed by atoms with van der Waals surface area (Å²) in [6.07, 6.45) is -6.46. The van der Waals surface area contributed by atoms with Gasteiger partial charge in [-0.15, -0.1) is 0 Å². The van der Waals surface area contributed by atoms with Crippen LogP contribution in [0.5, 0.6) is 0 Å². The Bertz CT molecular complexity index is 771. The second kappa shape index (κ2) is 5.96. The van der Waals surface area contributed by atoms with Gasteiger partial charge in [0, 0.05) is 0 Å². The highest BCUT2D eigenvalue weighted by molar-refractivity contribution is 7.87. The van der Waals surface area contributed by atoms with Gasteiger partial charge in [0.1, 0.15) is 10.1 Å². The summed E-state index contributed by atoms with van der Waals surface area (Å²) in [5.41, 5.74) is -4.35. The highest BCUT2D eigenvalue weighted by Gasteiger charge is 2.68. The molecule has 132 valence electrons. The van der Waals surface area contributed by atoms with E-state index in [1.54, 1.807) is 0 Å². The summed E-state index contributed by atoms with van der Waals surface area (Å²) in [7, 11) is -12.1. The summed E-state index contributed by atoms with van der Waals surface area (Å²) in [4.78, 5) is -0.995. The van der Waals surface area contributed by atoms with E-state index >= 15 is 0 Å². The summed E-state index contributed by atoms with van der Waals surface area (Å²) < 4.78 is 122. The first-order chi connectivity index (χ1) is 10.1. The van der Waals surface area contributed by atoms with Gasteiger partial charge in [-0.05, 0) is 19.1 Å².